The SMILES string of the molecule is COc1ccc(NC(=O)c2sc(NC(=O)Nc3ccc(F)cc3)nc2C)cc1Cl. The second-order valence-corrected chi connectivity index (χ2v) is 7.23. The van der Waals surface area contributed by atoms with Crippen LogP contribution in [0.4, 0.5) is 25.7 Å². The van der Waals surface area contributed by atoms with Crippen molar-refractivity contribution in [2.45, 2.75) is 6.92 Å². The predicted molar refractivity (Wildman–Crippen MR) is 112 cm³/mol. The number of benzene rings is 2. The van der Waals surface area contributed by atoms with E-state index in [1.807, 2.05) is 0 Å². The molecular formula is C19H16ClFN4O3S. The maximum absolute atomic E-state index is 12.9. The third-order valence-electron chi connectivity index (χ3n) is 3.74. The highest BCUT2D eigenvalue weighted by molar-refractivity contribution is 7.17. The molecule has 0 spiro atoms. The molecule has 7 nitrogen and oxygen atoms in total. The van der Waals surface area contributed by atoms with E-state index in [4.69, 9.17) is 16.3 Å². The number of aryl methyl sites for hydroxylation is 1. The van der Waals surface area contributed by atoms with Gasteiger partial charge < -0.3 is 15.4 Å². The minimum absolute atomic E-state index is 0.250. The number of thiazole rings is 1. The summed E-state index contributed by atoms with van der Waals surface area (Å²) in [6.07, 6.45) is 0. The first-order chi connectivity index (χ1) is 13.9. The van der Waals surface area contributed by atoms with Gasteiger partial charge in [0.15, 0.2) is 5.13 Å². The molecule has 3 rings (SSSR count). The number of aromatic nitrogens is 1. The number of halogens is 2. The summed E-state index contributed by atoms with van der Waals surface area (Å²) in [6.45, 7) is 1.66. The van der Waals surface area contributed by atoms with Gasteiger partial charge in [0.1, 0.15) is 16.4 Å². The Morgan fingerprint density at radius 2 is 1.76 bits per heavy atom. The van der Waals surface area contributed by atoms with E-state index in [0.29, 0.717) is 32.7 Å². The maximum Gasteiger partial charge on any atom is 0.325 e. The van der Waals surface area contributed by atoms with Crippen LogP contribution in [0.1, 0.15) is 15.4 Å². The molecule has 29 heavy (non-hydrogen) atoms. The van der Waals surface area contributed by atoms with Crippen LogP contribution in [0.3, 0.4) is 0 Å². The van der Waals surface area contributed by atoms with Crippen LogP contribution < -0.4 is 20.7 Å². The maximum atomic E-state index is 12.9. The third kappa shape index (κ3) is 5.21. The molecule has 0 aliphatic rings. The van der Waals surface area contributed by atoms with E-state index >= 15 is 0 Å². The molecule has 0 unspecified atom stereocenters. The molecule has 0 atom stereocenters. The average Bonchev–Trinajstić information content (AvgIpc) is 3.04. The lowest BCUT2D eigenvalue weighted by Crippen LogP contribution is -2.19. The van der Waals surface area contributed by atoms with Gasteiger partial charge in [-0.15, -0.1) is 0 Å². The summed E-state index contributed by atoms with van der Waals surface area (Å²) < 4.78 is 18.0. The Kier molecular flexibility index (Phi) is 6.30. The highest BCUT2D eigenvalue weighted by Gasteiger charge is 2.17. The van der Waals surface area contributed by atoms with Gasteiger partial charge in [-0.1, -0.05) is 22.9 Å². The minimum atomic E-state index is -0.556. The molecule has 0 saturated carbocycles. The molecule has 3 aromatic rings. The number of ether oxygens (including phenoxy) is 1. The van der Waals surface area contributed by atoms with Gasteiger partial charge in [0.25, 0.3) is 5.91 Å². The van der Waals surface area contributed by atoms with Crippen LogP contribution >= 0.6 is 22.9 Å². The molecule has 1 aromatic heterocycles. The largest absolute Gasteiger partial charge is 0.495 e. The van der Waals surface area contributed by atoms with E-state index in [9.17, 15) is 14.0 Å². The van der Waals surface area contributed by atoms with E-state index in [0.717, 1.165) is 11.3 Å². The van der Waals surface area contributed by atoms with Crippen LogP contribution in [-0.4, -0.2) is 24.0 Å². The summed E-state index contributed by atoms with van der Waals surface area (Å²) in [5, 5.41) is 8.46. The van der Waals surface area contributed by atoms with Crippen molar-refractivity contribution in [2.24, 2.45) is 0 Å². The van der Waals surface area contributed by atoms with Crippen molar-refractivity contribution in [3.05, 3.63) is 63.9 Å². The number of hydrogen-bond donors (Lipinski definition) is 3. The monoisotopic (exact) mass is 434 g/mol. The molecule has 0 fully saturated rings. The molecule has 3 amide bonds. The number of nitrogens with one attached hydrogen (secondary N) is 3. The lowest BCUT2D eigenvalue weighted by Gasteiger charge is -2.07. The van der Waals surface area contributed by atoms with Crippen molar-refractivity contribution in [1.82, 2.24) is 4.98 Å². The fourth-order valence-corrected chi connectivity index (χ4v) is 3.50. The Hall–Kier alpha value is -3.17. The number of hydrogen-bond acceptors (Lipinski definition) is 5. The smallest absolute Gasteiger partial charge is 0.325 e. The lowest BCUT2D eigenvalue weighted by atomic mass is 10.3. The van der Waals surface area contributed by atoms with Gasteiger partial charge in [0, 0.05) is 11.4 Å². The highest BCUT2D eigenvalue weighted by Crippen LogP contribution is 2.29. The van der Waals surface area contributed by atoms with Crippen molar-refractivity contribution >= 4 is 51.4 Å². The number of amides is 3. The summed E-state index contributed by atoms with van der Waals surface area (Å²) in [6, 6.07) is 9.65. The van der Waals surface area contributed by atoms with E-state index in [2.05, 4.69) is 20.9 Å². The molecular weight excluding hydrogens is 419 g/mol. The van der Waals surface area contributed by atoms with E-state index in [1.165, 1.54) is 31.4 Å². The number of urea groups is 1. The van der Waals surface area contributed by atoms with Gasteiger partial charge in [-0.3, -0.25) is 10.1 Å². The van der Waals surface area contributed by atoms with Crippen LogP contribution in [0.25, 0.3) is 0 Å². The van der Waals surface area contributed by atoms with Crippen LogP contribution in [0, 0.1) is 12.7 Å². The normalized spacial score (nSPS) is 10.3. The first-order valence-corrected chi connectivity index (χ1v) is 9.51. The second-order valence-electron chi connectivity index (χ2n) is 5.82. The molecule has 0 aliphatic carbocycles. The highest BCUT2D eigenvalue weighted by atomic mass is 35.5. The molecule has 150 valence electrons. The number of anilines is 3. The molecule has 0 aliphatic heterocycles. The third-order valence-corrected chi connectivity index (χ3v) is 5.10. The standard InChI is InChI=1S/C19H16ClFN4O3S/c1-10-16(17(26)23-13-7-8-15(28-2)14(20)9-13)29-19(22-10)25-18(27)24-12-5-3-11(21)4-6-12/h3-9H,1-2H3,(H,23,26)(H2,22,24,25,27). The zero-order valence-corrected chi connectivity index (χ0v) is 17.0. The number of methoxy groups -OCH3 is 1. The molecule has 2 aromatic carbocycles. The number of carbonyl (C=O) groups excluding carboxylic acids is 2. The van der Waals surface area contributed by atoms with Gasteiger partial charge in [-0.05, 0) is 49.4 Å². The Morgan fingerprint density at radius 3 is 2.41 bits per heavy atom. The van der Waals surface area contributed by atoms with Crippen LogP contribution in [0.5, 0.6) is 5.75 Å². The molecule has 10 heteroatoms. The van der Waals surface area contributed by atoms with Crippen molar-refractivity contribution in [3.8, 4) is 5.75 Å². The van der Waals surface area contributed by atoms with E-state index in [-0.39, 0.29) is 11.0 Å². The Balaban J connectivity index is 1.65. The fourth-order valence-electron chi connectivity index (χ4n) is 2.39. The van der Waals surface area contributed by atoms with Crippen molar-refractivity contribution in [3.63, 3.8) is 0 Å². The Bertz CT molecular complexity index is 1060. The summed E-state index contributed by atoms with van der Waals surface area (Å²) in [5.74, 6) is -0.286. The fraction of sp³-hybridized carbons (Fsp3) is 0.105. The summed E-state index contributed by atoms with van der Waals surface area (Å²) >= 11 is 7.09. The topological polar surface area (TPSA) is 92.4 Å². The van der Waals surface area contributed by atoms with Gasteiger partial charge in [0.2, 0.25) is 0 Å². The van der Waals surface area contributed by atoms with E-state index < -0.39 is 11.8 Å². The predicted octanol–water partition coefficient (Wildman–Crippen LogP) is 5.15. The molecule has 1 heterocycles. The zero-order valence-electron chi connectivity index (χ0n) is 15.4. The second kappa shape index (κ2) is 8.89. The zero-order chi connectivity index (χ0) is 21.0. The summed E-state index contributed by atoms with van der Waals surface area (Å²) in [7, 11) is 1.50. The number of carbonyl (C=O) groups is 2. The summed E-state index contributed by atoms with van der Waals surface area (Å²) in [5.41, 5.74) is 1.38. The Morgan fingerprint density at radius 1 is 1.07 bits per heavy atom. The number of nitrogens with zero attached hydrogens (tertiary/aromatic N) is 1. The molecule has 3 N–H and O–H groups in total. The van der Waals surface area contributed by atoms with Gasteiger partial charge in [-0.2, -0.15) is 0 Å². The minimum Gasteiger partial charge on any atom is -0.495 e. The van der Waals surface area contributed by atoms with Gasteiger partial charge in [-0.25, -0.2) is 14.2 Å². The molecule has 0 saturated heterocycles. The first kappa shape index (κ1) is 20.6. The van der Waals surface area contributed by atoms with Crippen LogP contribution in [0.15, 0.2) is 42.5 Å². The van der Waals surface area contributed by atoms with Crippen molar-refractivity contribution in [2.75, 3.05) is 23.1 Å². The quantitative estimate of drug-likeness (QED) is 0.517. The lowest BCUT2D eigenvalue weighted by molar-refractivity contribution is 0.102. The van der Waals surface area contributed by atoms with Crippen molar-refractivity contribution in [1.29, 1.82) is 0 Å². The van der Waals surface area contributed by atoms with Crippen LogP contribution in [-0.2, 0) is 0 Å². The number of rotatable bonds is 5. The van der Waals surface area contributed by atoms with Gasteiger partial charge in [0.05, 0.1) is 17.8 Å². The Labute approximate surface area is 174 Å². The van der Waals surface area contributed by atoms with Gasteiger partial charge >= 0.3 is 6.03 Å². The van der Waals surface area contributed by atoms with Crippen molar-refractivity contribution < 1.29 is 18.7 Å². The summed E-state index contributed by atoms with van der Waals surface area (Å²) in [4.78, 5) is 29.1. The molecule has 0 radical (unpaired) electrons. The van der Waals surface area contributed by atoms with Crippen LogP contribution in [0.2, 0.25) is 5.02 Å². The molecule has 0 bridgehead atoms. The first-order valence-electron chi connectivity index (χ1n) is 8.31. The average molecular weight is 435 g/mol. The van der Waals surface area contributed by atoms with E-state index in [1.54, 1.807) is 25.1 Å².